The highest BCUT2D eigenvalue weighted by atomic mass is 35.5. The van der Waals surface area contributed by atoms with E-state index < -0.39 is 0 Å². The highest BCUT2D eigenvalue weighted by molar-refractivity contribution is 7.99. The molecular formula is C11H12ClN3O2S. The average molecular weight is 286 g/mol. The molecule has 18 heavy (non-hydrogen) atoms. The number of hydrogen-bond acceptors (Lipinski definition) is 4. The van der Waals surface area contributed by atoms with Crippen LogP contribution in [0.1, 0.15) is 12.5 Å². The Morgan fingerprint density at radius 2 is 2.33 bits per heavy atom. The number of hydrogen-bond donors (Lipinski definition) is 2. The van der Waals surface area contributed by atoms with Crippen LogP contribution in [0.4, 0.5) is 0 Å². The lowest BCUT2D eigenvalue weighted by molar-refractivity contribution is 0.279. The first-order valence-corrected chi connectivity index (χ1v) is 6.58. The van der Waals surface area contributed by atoms with Crippen LogP contribution in [-0.2, 0) is 13.2 Å². The molecule has 0 unspecified atom stereocenters. The summed E-state index contributed by atoms with van der Waals surface area (Å²) in [5.74, 6) is 0. The van der Waals surface area contributed by atoms with Gasteiger partial charge in [0.05, 0.1) is 6.61 Å². The third-order valence-electron chi connectivity index (χ3n) is 2.47. The molecule has 96 valence electrons. The minimum Gasteiger partial charge on any atom is -0.392 e. The highest BCUT2D eigenvalue weighted by Gasteiger charge is 2.12. The molecule has 0 aliphatic heterocycles. The van der Waals surface area contributed by atoms with E-state index >= 15 is 0 Å². The first-order chi connectivity index (χ1) is 8.67. The quantitative estimate of drug-likeness (QED) is 0.900. The number of halogens is 1. The van der Waals surface area contributed by atoms with Gasteiger partial charge in [-0.15, -0.1) is 5.10 Å². The van der Waals surface area contributed by atoms with Crippen molar-refractivity contribution in [1.82, 2.24) is 14.8 Å². The minimum absolute atomic E-state index is 0.150. The van der Waals surface area contributed by atoms with Crippen LogP contribution in [0.25, 0.3) is 0 Å². The summed E-state index contributed by atoms with van der Waals surface area (Å²) in [5.41, 5.74) is 0.398. The molecule has 2 N–H and O–H groups in total. The molecule has 0 saturated carbocycles. The van der Waals surface area contributed by atoms with Crippen molar-refractivity contribution in [2.75, 3.05) is 0 Å². The number of aliphatic hydroxyl groups is 1. The number of nitrogens with zero attached hydrogens (tertiary/aromatic N) is 2. The molecule has 0 amide bonds. The number of aromatic amines is 1. The van der Waals surface area contributed by atoms with Crippen molar-refractivity contribution < 1.29 is 5.11 Å². The normalized spacial score (nSPS) is 10.8. The van der Waals surface area contributed by atoms with E-state index in [-0.39, 0.29) is 12.3 Å². The second-order valence-corrected chi connectivity index (χ2v) is 4.95. The lowest BCUT2D eigenvalue weighted by Gasteiger charge is -2.08. The molecule has 2 rings (SSSR count). The molecule has 2 aromatic rings. The fraction of sp³-hybridized carbons (Fsp3) is 0.273. The third-order valence-corrected chi connectivity index (χ3v) is 3.93. The van der Waals surface area contributed by atoms with Gasteiger partial charge in [-0.25, -0.2) is 9.89 Å². The van der Waals surface area contributed by atoms with E-state index in [0.717, 1.165) is 4.90 Å². The highest BCUT2D eigenvalue weighted by Crippen LogP contribution is 2.32. The fourth-order valence-corrected chi connectivity index (χ4v) is 2.89. The first kappa shape index (κ1) is 13.2. The van der Waals surface area contributed by atoms with Gasteiger partial charge in [-0.3, -0.25) is 4.57 Å². The van der Waals surface area contributed by atoms with E-state index in [1.165, 1.54) is 16.3 Å². The average Bonchev–Trinajstić information content (AvgIpc) is 2.70. The Labute approximate surface area is 113 Å². The largest absolute Gasteiger partial charge is 0.392 e. The number of benzene rings is 1. The summed E-state index contributed by atoms with van der Waals surface area (Å²) in [6, 6.07) is 5.35. The van der Waals surface area contributed by atoms with E-state index in [0.29, 0.717) is 22.3 Å². The number of aliphatic hydroxyl groups excluding tert-OH is 1. The minimum atomic E-state index is -0.243. The second-order valence-electron chi connectivity index (χ2n) is 3.53. The topological polar surface area (TPSA) is 70.9 Å². The molecule has 0 aliphatic rings. The molecule has 1 heterocycles. The van der Waals surface area contributed by atoms with E-state index in [1.54, 1.807) is 12.1 Å². The van der Waals surface area contributed by atoms with Crippen molar-refractivity contribution in [3.8, 4) is 0 Å². The summed E-state index contributed by atoms with van der Waals surface area (Å²) in [4.78, 5) is 12.2. The standard InChI is InChI=1S/C11H12ClN3O2S/c1-2-15-10(17)13-14-11(15)18-9-5-3-4-8(12)7(9)6-16/h3-5,16H,2,6H2,1H3,(H,13,17). The predicted octanol–water partition coefficient (Wildman–Crippen LogP) is 1.89. The maximum atomic E-state index is 11.4. The molecular weight excluding hydrogens is 274 g/mol. The zero-order chi connectivity index (χ0) is 13.1. The van der Waals surface area contributed by atoms with Gasteiger partial charge >= 0.3 is 5.69 Å². The zero-order valence-electron chi connectivity index (χ0n) is 9.68. The van der Waals surface area contributed by atoms with Gasteiger partial charge < -0.3 is 5.11 Å². The Balaban J connectivity index is 2.40. The van der Waals surface area contributed by atoms with Crippen LogP contribution in [0.3, 0.4) is 0 Å². The van der Waals surface area contributed by atoms with Gasteiger partial charge in [0, 0.05) is 22.0 Å². The molecule has 0 saturated heterocycles. The number of H-pyrrole nitrogens is 1. The zero-order valence-corrected chi connectivity index (χ0v) is 11.3. The predicted molar refractivity (Wildman–Crippen MR) is 70.0 cm³/mol. The summed E-state index contributed by atoms with van der Waals surface area (Å²) in [7, 11) is 0. The SMILES string of the molecule is CCn1c(Sc2cccc(Cl)c2CO)n[nH]c1=O. The Morgan fingerprint density at radius 1 is 1.56 bits per heavy atom. The molecule has 0 atom stereocenters. The summed E-state index contributed by atoms with van der Waals surface area (Å²) < 4.78 is 1.52. The van der Waals surface area contributed by atoms with Crippen LogP contribution in [0.2, 0.25) is 5.02 Å². The van der Waals surface area contributed by atoms with Gasteiger partial charge in [0.15, 0.2) is 5.16 Å². The smallest absolute Gasteiger partial charge is 0.343 e. The molecule has 7 heteroatoms. The van der Waals surface area contributed by atoms with Crippen molar-refractivity contribution in [3.05, 3.63) is 39.3 Å². The van der Waals surface area contributed by atoms with Crippen molar-refractivity contribution in [3.63, 3.8) is 0 Å². The molecule has 0 aliphatic carbocycles. The molecule has 1 aromatic carbocycles. The van der Waals surface area contributed by atoms with E-state index in [9.17, 15) is 9.90 Å². The molecule has 0 radical (unpaired) electrons. The number of rotatable bonds is 4. The van der Waals surface area contributed by atoms with Gasteiger partial charge in [0.1, 0.15) is 0 Å². The van der Waals surface area contributed by atoms with Crippen LogP contribution >= 0.6 is 23.4 Å². The summed E-state index contributed by atoms with van der Waals surface area (Å²) in [6.07, 6.45) is 0. The molecule has 0 fully saturated rings. The monoisotopic (exact) mass is 285 g/mol. The third kappa shape index (κ3) is 2.45. The molecule has 1 aromatic heterocycles. The van der Waals surface area contributed by atoms with Crippen LogP contribution in [0.15, 0.2) is 33.0 Å². The lowest BCUT2D eigenvalue weighted by atomic mass is 10.2. The Bertz CT molecular complexity index is 609. The van der Waals surface area contributed by atoms with Crippen molar-refractivity contribution in [1.29, 1.82) is 0 Å². The maximum absolute atomic E-state index is 11.4. The van der Waals surface area contributed by atoms with Crippen LogP contribution in [0.5, 0.6) is 0 Å². The number of aromatic nitrogens is 3. The van der Waals surface area contributed by atoms with Gasteiger partial charge in [-0.2, -0.15) is 0 Å². The summed E-state index contributed by atoms with van der Waals surface area (Å²) in [6.45, 7) is 2.25. The lowest BCUT2D eigenvalue weighted by Crippen LogP contribution is -2.16. The van der Waals surface area contributed by atoms with E-state index in [1.807, 2.05) is 13.0 Å². The summed E-state index contributed by atoms with van der Waals surface area (Å²) >= 11 is 7.31. The van der Waals surface area contributed by atoms with Crippen molar-refractivity contribution >= 4 is 23.4 Å². The van der Waals surface area contributed by atoms with Gasteiger partial charge in [0.25, 0.3) is 0 Å². The first-order valence-electron chi connectivity index (χ1n) is 5.38. The molecule has 5 nitrogen and oxygen atoms in total. The maximum Gasteiger partial charge on any atom is 0.343 e. The van der Waals surface area contributed by atoms with Crippen LogP contribution in [-0.4, -0.2) is 19.9 Å². The number of nitrogens with one attached hydrogen (secondary N) is 1. The Kier molecular flexibility index (Phi) is 4.11. The van der Waals surface area contributed by atoms with Crippen LogP contribution in [0, 0.1) is 0 Å². The van der Waals surface area contributed by atoms with Gasteiger partial charge in [-0.1, -0.05) is 17.7 Å². The van der Waals surface area contributed by atoms with Crippen molar-refractivity contribution in [2.24, 2.45) is 0 Å². The fourth-order valence-electron chi connectivity index (χ4n) is 1.55. The molecule has 0 bridgehead atoms. The summed E-state index contributed by atoms with van der Waals surface area (Å²) in [5, 5.41) is 16.7. The van der Waals surface area contributed by atoms with Gasteiger partial charge in [-0.05, 0) is 30.8 Å². The Hall–Kier alpha value is -1.24. The van der Waals surface area contributed by atoms with E-state index in [2.05, 4.69) is 10.2 Å². The van der Waals surface area contributed by atoms with E-state index in [4.69, 9.17) is 11.6 Å². The van der Waals surface area contributed by atoms with Crippen molar-refractivity contribution in [2.45, 2.75) is 30.1 Å². The van der Waals surface area contributed by atoms with Crippen LogP contribution < -0.4 is 5.69 Å². The Morgan fingerprint density at radius 3 is 3.00 bits per heavy atom. The second kappa shape index (κ2) is 5.60. The molecule has 0 spiro atoms. The van der Waals surface area contributed by atoms with Gasteiger partial charge in [0.2, 0.25) is 0 Å².